The van der Waals surface area contributed by atoms with E-state index in [9.17, 15) is 0 Å². The van der Waals surface area contributed by atoms with E-state index < -0.39 is 0 Å². The van der Waals surface area contributed by atoms with Gasteiger partial charge in [-0.3, -0.25) is 4.98 Å². The number of nitrogens with one attached hydrogen (secondary N) is 1. The van der Waals surface area contributed by atoms with Crippen LogP contribution in [0.25, 0.3) is 10.9 Å². The van der Waals surface area contributed by atoms with E-state index in [0.717, 1.165) is 59.8 Å². The zero-order chi connectivity index (χ0) is 19.9. The number of hydrogen-bond acceptors (Lipinski definition) is 3. The van der Waals surface area contributed by atoms with Crippen LogP contribution in [0.4, 0.5) is 5.69 Å². The molecule has 1 aromatic heterocycles. The fraction of sp³-hybridized carbons (Fsp3) is 0.375. The highest BCUT2D eigenvalue weighted by Gasteiger charge is 2.15. The molecule has 2 aromatic carbocycles. The molecular weight excluding hydrogens is 366 g/mol. The maximum Gasteiger partial charge on any atom is 0.0737 e. The highest BCUT2D eigenvalue weighted by Crippen LogP contribution is 2.29. The molecule has 0 saturated heterocycles. The number of rotatable bonds is 9. The van der Waals surface area contributed by atoms with E-state index in [1.165, 1.54) is 5.56 Å². The van der Waals surface area contributed by atoms with Crippen LogP contribution in [0.2, 0.25) is 5.02 Å². The van der Waals surface area contributed by atoms with E-state index in [2.05, 4.69) is 72.4 Å². The number of aromatic nitrogens is 1. The summed E-state index contributed by atoms with van der Waals surface area (Å²) < 4.78 is 0. The summed E-state index contributed by atoms with van der Waals surface area (Å²) in [5, 5.41) is 5.58. The van der Waals surface area contributed by atoms with Crippen molar-refractivity contribution in [1.29, 1.82) is 0 Å². The van der Waals surface area contributed by atoms with Crippen molar-refractivity contribution < 1.29 is 0 Å². The molecule has 0 bridgehead atoms. The Morgan fingerprint density at radius 1 is 1.07 bits per heavy atom. The van der Waals surface area contributed by atoms with Crippen LogP contribution in [-0.4, -0.2) is 36.1 Å². The monoisotopic (exact) mass is 395 g/mol. The summed E-state index contributed by atoms with van der Waals surface area (Å²) in [6.07, 6.45) is 3.06. The first kappa shape index (κ1) is 20.6. The first-order valence-corrected chi connectivity index (χ1v) is 10.6. The van der Waals surface area contributed by atoms with Crippen molar-refractivity contribution in [1.82, 2.24) is 9.88 Å². The van der Waals surface area contributed by atoms with Crippen molar-refractivity contribution in [2.45, 2.75) is 33.1 Å². The minimum atomic E-state index is 0.455. The lowest BCUT2D eigenvalue weighted by molar-refractivity contribution is 0.291. The second kappa shape index (κ2) is 9.90. The molecule has 0 radical (unpaired) electrons. The minimum absolute atomic E-state index is 0.455. The van der Waals surface area contributed by atoms with Gasteiger partial charge in [-0.05, 0) is 62.3 Å². The molecule has 1 heterocycles. The quantitative estimate of drug-likeness (QED) is 0.472. The van der Waals surface area contributed by atoms with Gasteiger partial charge in [-0.2, -0.15) is 0 Å². The van der Waals surface area contributed by atoms with Crippen molar-refractivity contribution in [2.75, 3.05) is 31.5 Å². The van der Waals surface area contributed by atoms with Crippen LogP contribution in [0.5, 0.6) is 0 Å². The first-order valence-electron chi connectivity index (χ1n) is 10.2. The number of fused-ring (bicyclic) bond motifs is 1. The van der Waals surface area contributed by atoms with Crippen LogP contribution in [-0.2, 0) is 0 Å². The molecule has 0 spiro atoms. The summed E-state index contributed by atoms with van der Waals surface area (Å²) >= 11 is 6.15. The summed E-state index contributed by atoms with van der Waals surface area (Å²) in [6, 6.07) is 16.8. The molecule has 1 N–H and O–H groups in total. The number of hydrogen-bond donors (Lipinski definition) is 1. The molecule has 3 aromatic rings. The van der Waals surface area contributed by atoms with Crippen molar-refractivity contribution in [3.8, 4) is 0 Å². The minimum Gasteiger partial charge on any atom is -0.384 e. The average Bonchev–Trinajstić information content (AvgIpc) is 2.72. The van der Waals surface area contributed by atoms with Gasteiger partial charge in [-0.25, -0.2) is 0 Å². The summed E-state index contributed by atoms with van der Waals surface area (Å²) in [4.78, 5) is 7.03. The highest BCUT2D eigenvalue weighted by molar-refractivity contribution is 6.31. The largest absolute Gasteiger partial charge is 0.384 e. The Kier molecular flexibility index (Phi) is 7.30. The van der Waals surface area contributed by atoms with Gasteiger partial charge >= 0.3 is 0 Å². The van der Waals surface area contributed by atoms with Crippen molar-refractivity contribution in [3.05, 3.63) is 70.9 Å². The fourth-order valence-electron chi connectivity index (χ4n) is 3.72. The first-order chi connectivity index (χ1) is 13.6. The summed E-state index contributed by atoms with van der Waals surface area (Å²) in [6.45, 7) is 10.8. The van der Waals surface area contributed by atoms with Crippen LogP contribution in [0, 0.1) is 6.92 Å². The maximum atomic E-state index is 6.15. The Hall–Kier alpha value is -2.10. The molecule has 0 aliphatic carbocycles. The molecule has 0 amide bonds. The normalized spacial score (nSPS) is 12.5. The van der Waals surface area contributed by atoms with Crippen LogP contribution in [0.15, 0.2) is 54.7 Å². The Morgan fingerprint density at radius 3 is 2.54 bits per heavy atom. The lowest BCUT2D eigenvalue weighted by atomic mass is 9.95. The Balaban J connectivity index is 1.82. The van der Waals surface area contributed by atoms with Crippen molar-refractivity contribution >= 4 is 28.2 Å². The van der Waals surface area contributed by atoms with Gasteiger partial charge in [0.15, 0.2) is 0 Å². The van der Waals surface area contributed by atoms with Gasteiger partial charge in [-0.1, -0.05) is 55.8 Å². The fourth-order valence-corrected chi connectivity index (χ4v) is 3.88. The number of aryl methyl sites for hydroxylation is 1. The zero-order valence-electron chi connectivity index (χ0n) is 17.1. The lowest BCUT2D eigenvalue weighted by Gasteiger charge is -2.24. The van der Waals surface area contributed by atoms with Crippen LogP contribution < -0.4 is 5.32 Å². The molecule has 148 valence electrons. The smallest absolute Gasteiger partial charge is 0.0737 e. The van der Waals surface area contributed by atoms with E-state index in [1.807, 2.05) is 18.3 Å². The second-order valence-electron chi connectivity index (χ2n) is 7.28. The predicted octanol–water partition coefficient (Wildman–Crippen LogP) is 6.12. The van der Waals surface area contributed by atoms with Gasteiger partial charge in [0, 0.05) is 34.8 Å². The van der Waals surface area contributed by atoms with E-state index in [0.29, 0.717) is 5.92 Å². The number of anilines is 1. The SMILES string of the molecule is CCN(CC)CC[C@H](CNc1c(C)cnc2cc(Cl)ccc12)c1ccccc1. The Morgan fingerprint density at radius 2 is 1.82 bits per heavy atom. The van der Waals surface area contributed by atoms with E-state index >= 15 is 0 Å². The highest BCUT2D eigenvalue weighted by atomic mass is 35.5. The molecule has 0 fully saturated rings. The third kappa shape index (κ3) is 5.03. The molecular formula is C24H30ClN3. The molecule has 4 heteroatoms. The lowest BCUT2D eigenvalue weighted by Crippen LogP contribution is -2.27. The molecule has 0 unspecified atom stereocenters. The Labute approximate surface area is 173 Å². The molecule has 0 aliphatic rings. The molecule has 1 atom stereocenters. The van der Waals surface area contributed by atoms with Gasteiger partial charge in [0.1, 0.15) is 0 Å². The number of pyridine rings is 1. The van der Waals surface area contributed by atoms with Crippen LogP contribution in [0.3, 0.4) is 0 Å². The van der Waals surface area contributed by atoms with Crippen LogP contribution in [0.1, 0.15) is 37.3 Å². The number of benzene rings is 2. The Bertz CT molecular complexity index is 891. The van der Waals surface area contributed by atoms with Gasteiger partial charge < -0.3 is 10.2 Å². The molecule has 28 heavy (non-hydrogen) atoms. The molecule has 0 aliphatic heterocycles. The third-order valence-corrected chi connectivity index (χ3v) is 5.74. The summed E-state index contributed by atoms with van der Waals surface area (Å²) in [5.74, 6) is 0.455. The summed E-state index contributed by atoms with van der Waals surface area (Å²) in [7, 11) is 0. The standard InChI is InChI=1S/C24H30ClN3/c1-4-28(5-2)14-13-20(19-9-7-6-8-10-19)17-27-24-18(3)16-26-23-15-21(25)11-12-22(23)24/h6-12,15-16,20H,4-5,13-14,17H2,1-3H3,(H,26,27)/t20-/m1/s1. The zero-order valence-corrected chi connectivity index (χ0v) is 17.8. The average molecular weight is 396 g/mol. The summed E-state index contributed by atoms with van der Waals surface area (Å²) in [5.41, 5.74) is 4.64. The van der Waals surface area contributed by atoms with E-state index in [1.54, 1.807) is 0 Å². The topological polar surface area (TPSA) is 28.2 Å². The van der Waals surface area contributed by atoms with E-state index in [4.69, 9.17) is 11.6 Å². The molecule has 3 rings (SSSR count). The van der Waals surface area contributed by atoms with Gasteiger partial charge in [0.25, 0.3) is 0 Å². The van der Waals surface area contributed by atoms with Gasteiger partial charge in [0.2, 0.25) is 0 Å². The van der Waals surface area contributed by atoms with Gasteiger partial charge in [0.05, 0.1) is 5.52 Å². The van der Waals surface area contributed by atoms with Gasteiger partial charge in [-0.15, -0.1) is 0 Å². The third-order valence-electron chi connectivity index (χ3n) is 5.51. The number of halogens is 1. The van der Waals surface area contributed by atoms with Crippen LogP contribution >= 0.6 is 11.6 Å². The molecule has 3 nitrogen and oxygen atoms in total. The number of nitrogens with zero attached hydrogens (tertiary/aromatic N) is 2. The van der Waals surface area contributed by atoms with Crippen molar-refractivity contribution in [2.24, 2.45) is 0 Å². The maximum absolute atomic E-state index is 6.15. The second-order valence-corrected chi connectivity index (χ2v) is 7.72. The molecule has 0 saturated carbocycles. The van der Waals surface area contributed by atoms with E-state index in [-0.39, 0.29) is 0 Å². The van der Waals surface area contributed by atoms with Crippen molar-refractivity contribution in [3.63, 3.8) is 0 Å². The predicted molar refractivity (Wildman–Crippen MR) is 122 cm³/mol.